The third kappa shape index (κ3) is 4.72. The van der Waals surface area contributed by atoms with Gasteiger partial charge in [-0.3, -0.25) is 14.6 Å². The molecule has 0 saturated carbocycles. The van der Waals surface area contributed by atoms with Gasteiger partial charge in [0.2, 0.25) is 11.8 Å². The molecule has 0 spiro atoms. The number of nitrogens with zero attached hydrogens (tertiary/aromatic N) is 5. The molecule has 0 bridgehead atoms. The lowest BCUT2D eigenvalue weighted by atomic mass is 9.92. The van der Waals surface area contributed by atoms with Crippen molar-refractivity contribution < 1.29 is 14.1 Å². The van der Waals surface area contributed by atoms with Gasteiger partial charge in [0.15, 0.2) is 5.82 Å². The number of rotatable bonds is 5. The molecule has 3 aliphatic rings. The smallest absolute Gasteiger partial charge is 0.240 e. The van der Waals surface area contributed by atoms with Crippen molar-refractivity contribution in [3.05, 3.63) is 11.7 Å². The van der Waals surface area contributed by atoms with E-state index in [2.05, 4.69) is 19.9 Å². The molecule has 3 aliphatic heterocycles. The molecule has 3 fully saturated rings. The molecule has 0 N–H and O–H groups in total. The molecule has 0 unspecified atom stereocenters. The van der Waals surface area contributed by atoms with Gasteiger partial charge in [0.1, 0.15) is 0 Å². The second-order valence-corrected chi connectivity index (χ2v) is 8.24. The summed E-state index contributed by atoms with van der Waals surface area (Å²) in [5, 5.41) is 3.99. The maximum atomic E-state index is 12.9. The summed E-state index contributed by atoms with van der Waals surface area (Å²) in [5.74, 6) is 2.02. The van der Waals surface area contributed by atoms with Gasteiger partial charge in [-0.25, -0.2) is 0 Å². The van der Waals surface area contributed by atoms with E-state index in [1.165, 1.54) is 0 Å². The summed E-state index contributed by atoms with van der Waals surface area (Å²) in [5.41, 5.74) is 0. The zero-order chi connectivity index (χ0) is 19.3. The molecule has 4 heterocycles. The van der Waals surface area contributed by atoms with Crippen molar-refractivity contribution in [1.29, 1.82) is 0 Å². The van der Waals surface area contributed by atoms with Crippen molar-refractivity contribution in [3.8, 4) is 0 Å². The van der Waals surface area contributed by atoms with Crippen molar-refractivity contribution >= 4 is 5.91 Å². The van der Waals surface area contributed by atoms with Crippen LogP contribution in [0, 0.1) is 5.92 Å². The summed E-state index contributed by atoms with van der Waals surface area (Å²) in [6.45, 7) is 9.80. The number of piperidine rings is 2. The summed E-state index contributed by atoms with van der Waals surface area (Å²) in [4.78, 5) is 24.3. The van der Waals surface area contributed by atoms with Crippen LogP contribution in [-0.4, -0.2) is 89.3 Å². The average molecular weight is 392 g/mol. The number of hydrogen-bond acceptors (Lipinski definition) is 7. The third-order valence-corrected chi connectivity index (χ3v) is 6.38. The van der Waals surface area contributed by atoms with Crippen LogP contribution >= 0.6 is 0 Å². The number of morpholine rings is 1. The largest absolute Gasteiger partial charge is 0.378 e. The van der Waals surface area contributed by atoms with E-state index in [1.54, 1.807) is 0 Å². The van der Waals surface area contributed by atoms with E-state index in [9.17, 15) is 4.79 Å². The average Bonchev–Trinajstić information content (AvgIpc) is 3.22. The Morgan fingerprint density at radius 1 is 1.11 bits per heavy atom. The van der Waals surface area contributed by atoms with Crippen LogP contribution in [0.2, 0.25) is 0 Å². The summed E-state index contributed by atoms with van der Waals surface area (Å²) in [7, 11) is 0. The minimum absolute atomic E-state index is 0.163. The van der Waals surface area contributed by atoms with E-state index in [-0.39, 0.29) is 5.92 Å². The normalized spacial score (nSPS) is 25.9. The van der Waals surface area contributed by atoms with Gasteiger partial charge in [-0.1, -0.05) is 12.1 Å². The first-order valence-electron chi connectivity index (χ1n) is 10.9. The Kier molecular flexibility index (Phi) is 6.59. The second-order valence-electron chi connectivity index (χ2n) is 8.24. The van der Waals surface area contributed by atoms with Gasteiger partial charge < -0.3 is 14.2 Å². The topological polar surface area (TPSA) is 74.9 Å². The highest BCUT2D eigenvalue weighted by Crippen LogP contribution is 2.26. The van der Waals surface area contributed by atoms with E-state index >= 15 is 0 Å². The number of hydrogen-bond donors (Lipinski definition) is 0. The Morgan fingerprint density at radius 2 is 1.89 bits per heavy atom. The van der Waals surface area contributed by atoms with Crippen molar-refractivity contribution in [2.24, 2.45) is 5.92 Å². The van der Waals surface area contributed by atoms with Crippen LogP contribution in [0.1, 0.15) is 44.3 Å². The lowest BCUT2D eigenvalue weighted by molar-refractivity contribution is -0.142. The molecule has 0 aromatic carbocycles. The van der Waals surface area contributed by atoms with E-state index in [1.807, 2.05) is 11.8 Å². The van der Waals surface area contributed by atoms with Crippen LogP contribution in [0.5, 0.6) is 0 Å². The molecule has 0 aliphatic carbocycles. The first-order valence-corrected chi connectivity index (χ1v) is 10.9. The molecule has 1 amide bonds. The van der Waals surface area contributed by atoms with Crippen LogP contribution in [0.3, 0.4) is 0 Å². The fourth-order valence-electron chi connectivity index (χ4n) is 4.71. The Balaban J connectivity index is 1.25. The molecule has 8 heteroatoms. The minimum Gasteiger partial charge on any atom is -0.378 e. The zero-order valence-corrected chi connectivity index (χ0v) is 17.0. The van der Waals surface area contributed by atoms with Crippen LogP contribution in [0.25, 0.3) is 0 Å². The minimum atomic E-state index is 0.163. The lowest BCUT2D eigenvalue weighted by Crippen LogP contribution is -2.52. The molecular weight excluding hydrogens is 358 g/mol. The maximum absolute atomic E-state index is 12.9. The summed E-state index contributed by atoms with van der Waals surface area (Å²) in [6, 6.07) is 0.588. The monoisotopic (exact) mass is 391 g/mol. The van der Waals surface area contributed by atoms with Crippen LogP contribution in [0.15, 0.2) is 4.52 Å². The van der Waals surface area contributed by atoms with Gasteiger partial charge in [0, 0.05) is 45.2 Å². The Hall–Kier alpha value is -1.51. The van der Waals surface area contributed by atoms with Crippen molar-refractivity contribution in [1.82, 2.24) is 24.8 Å². The van der Waals surface area contributed by atoms with E-state index < -0.39 is 0 Å². The molecular formula is C20H33N5O3. The molecule has 4 rings (SSSR count). The first-order chi connectivity index (χ1) is 13.7. The quantitative estimate of drug-likeness (QED) is 0.746. The molecule has 1 aromatic heterocycles. The number of carbonyl (C=O) groups is 1. The third-order valence-electron chi connectivity index (χ3n) is 6.38. The van der Waals surface area contributed by atoms with Crippen LogP contribution < -0.4 is 0 Å². The fraction of sp³-hybridized carbons (Fsp3) is 0.850. The Bertz CT molecular complexity index is 638. The molecule has 156 valence electrons. The molecule has 8 nitrogen and oxygen atoms in total. The Morgan fingerprint density at radius 3 is 2.61 bits per heavy atom. The zero-order valence-electron chi connectivity index (χ0n) is 17.0. The first kappa shape index (κ1) is 19.8. The molecule has 0 radical (unpaired) electrons. The highest BCUT2D eigenvalue weighted by molar-refractivity contribution is 5.79. The van der Waals surface area contributed by atoms with Gasteiger partial charge in [-0.15, -0.1) is 0 Å². The van der Waals surface area contributed by atoms with Gasteiger partial charge in [-0.2, -0.15) is 4.98 Å². The number of ether oxygens (including phenoxy) is 1. The highest BCUT2D eigenvalue weighted by Gasteiger charge is 2.34. The van der Waals surface area contributed by atoms with Crippen molar-refractivity contribution in [2.75, 3.05) is 52.5 Å². The summed E-state index contributed by atoms with van der Waals surface area (Å²) >= 11 is 0. The number of aromatic nitrogens is 2. The number of amides is 1. The number of aryl methyl sites for hydroxylation is 1. The molecule has 28 heavy (non-hydrogen) atoms. The maximum Gasteiger partial charge on any atom is 0.240 e. The van der Waals surface area contributed by atoms with Gasteiger partial charge in [-0.05, 0) is 32.2 Å². The molecule has 1 atom stereocenters. The Labute approximate surface area is 167 Å². The van der Waals surface area contributed by atoms with Crippen molar-refractivity contribution in [2.45, 2.75) is 51.6 Å². The van der Waals surface area contributed by atoms with Crippen LogP contribution in [0.4, 0.5) is 0 Å². The summed E-state index contributed by atoms with van der Waals surface area (Å²) in [6.07, 6.45) is 5.26. The highest BCUT2D eigenvalue weighted by atomic mass is 16.5. The van der Waals surface area contributed by atoms with Gasteiger partial charge in [0.05, 0.1) is 25.7 Å². The SMILES string of the molecule is CCc1noc(CN2CCC(N3CCC[C@H](C(=O)N4CCOCC4)C3)CC2)n1. The summed E-state index contributed by atoms with van der Waals surface area (Å²) < 4.78 is 10.7. The molecule has 3 saturated heterocycles. The predicted octanol–water partition coefficient (Wildman–Crippen LogP) is 1.17. The fourth-order valence-corrected chi connectivity index (χ4v) is 4.71. The van der Waals surface area contributed by atoms with Crippen molar-refractivity contribution in [3.63, 3.8) is 0 Å². The van der Waals surface area contributed by atoms with E-state index in [4.69, 9.17) is 9.26 Å². The van der Waals surface area contributed by atoms with E-state index in [0.29, 0.717) is 25.2 Å². The van der Waals surface area contributed by atoms with Gasteiger partial charge >= 0.3 is 0 Å². The number of carbonyl (C=O) groups excluding carboxylic acids is 1. The number of likely N-dealkylation sites (tertiary alicyclic amines) is 2. The van der Waals surface area contributed by atoms with E-state index in [0.717, 1.165) is 89.6 Å². The second kappa shape index (κ2) is 9.33. The predicted molar refractivity (Wildman–Crippen MR) is 104 cm³/mol. The van der Waals surface area contributed by atoms with Crippen LogP contribution in [-0.2, 0) is 22.5 Å². The van der Waals surface area contributed by atoms with Gasteiger partial charge in [0.25, 0.3) is 0 Å². The standard InChI is InChI=1S/C20H33N5O3/c1-2-18-21-19(28-22-18)15-23-8-5-17(6-9-23)25-7-3-4-16(14-25)20(26)24-10-12-27-13-11-24/h16-17H,2-15H2,1H3/t16-/m0/s1. The lowest BCUT2D eigenvalue weighted by Gasteiger charge is -2.42. The molecule has 1 aromatic rings.